The van der Waals surface area contributed by atoms with Gasteiger partial charge in [-0.15, -0.1) is 0 Å². The van der Waals surface area contributed by atoms with Gasteiger partial charge in [0, 0.05) is 14.9 Å². The van der Waals surface area contributed by atoms with Crippen LogP contribution in [0.25, 0.3) is 0 Å². The van der Waals surface area contributed by atoms with Gasteiger partial charge in [0.25, 0.3) is 0 Å². The van der Waals surface area contributed by atoms with Crippen molar-refractivity contribution in [2.75, 3.05) is 6.16 Å². The minimum atomic E-state index is -4.00. The van der Waals surface area contributed by atoms with Crippen molar-refractivity contribution in [1.29, 1.82) is 0 Å². The first-order valence-electron chi connectivity index (χ1n) is 6.15. The predicted molar refractivity (Wildman–Crippen MR) is 75.4 cm³/mol. The van der Waals surface area contributed by atoms with Crippen molar-refractivity contribution in [3.05, 3.63) is 18.2 Å². The van der Waals surface area contributed by atoms with Crippen molar-refractivity contribution < 1.29 is 22.6 Å². The topological polar surface area (TPSA) is 83.8 Å². The summed E-state index contributed by atoms with van der Waals surface area (Å²) in [5, 5.41) is 18.7. The molecule has 19 heavy (non-hydrogen) atoms. The second kappa shape index (κ2) is 7.68. The first-order chi connectivity index (χ1) is 8.97. The Balaban J connectivity index is 2.54. The molecule has 1 aromatic carbocycles. The van der Waals surface area contributed by atoms with E-state index in [1.807, 2.05) is 0 Å². The van der Waals surface area contributed by atoms with Gasteiger partial charge in [0.2, 0.25) is 0 Å². The minimum Gasteiger partial charge on any atom is -0.508 e. The molecule has 108 valence electrons. The second-order valence-corrected chi connectivity index (χ2v) is 6.95. The molecule has 0 aliphatic rings. The van der Waals surface area contributed by atoms with Gasteiger partial charge in [0.1, 0.15) is 16.4 Å². The van der Waals surface area contributed by atoms with Crippen LogP contribution in [-0.2, 0) is 14.1 Å². The van der Waals surface area contributed by atoms with Gasteiger partial charge in [-0.1, -0.05) is 26.2 Å². The van der Waals surface area contributed by atoms with E-state index in [2.05, 4.69) is 6.92 Å². The van der Waals surface area contributed by atoms with Crippen LogP contribution in [0.1, 0.15) is 32.6 Å². The maximum absolute atomic E-state index is 11.8. The number of rotatable bonds is 8. The monoisotopic (exact) mass is 306 g/mol. The van der Waals surface area contributed by atoms with E-state index in [4.69, 9.17) is 3.97 Å². The molecule has 1 atom stereocenters. The van der Waals surface area contributed by atoms with Crippen LogP contribution >= 0.6 is 8.81 Å². The summed E-state index contributed by atoms with van der Waals surface area (Å²) in [5.74, 6) is -0.653. The second-order valence-electron chi connectivity index (χ2n) is 4.14. The Hall–Kier alpha value is -0.840. The zero-order valence-electron chi connectivity index (χ0n) is 10.8. The standard InChI is InChI=1S/C12H19O5PS/c1-2-3-4-5-8-18-17-19(15,16)12-9-10(13)6-7-11(12)14/h6-7,9,13-14,18H,2-5,8H2,1H3. The van der Waals surface area contributed by atoms with Gasteiger partial charge in [0.05, 0.1) is 0 Å². The van der Waals surface area contributed by atoms with E-state index < -0.39 is 20.8 Å². The summed E-state index contributed by atoms with van der Waals surface area (Å²) in [7, 11) is -4.17. The molecule has 0 heterocycles. The molecule has 0 radical (unpaired) electrons. The van der Waals surface area contributed by atoms with Crippen molar-refractivity contribution in [3.8, 4) is 11.5 Å². The Morgan fingerprint density at radius 2 is 1.95 bits per heavy atom. The van der Waals surface area contributed by atoms with Crippen LogP contribution in [0.3, 0.4) is 0 Å². The molecule has 0 aliphatic carbocycles. The fourth-order valence-corrected chi connectivity index (χ4v) is 3.79. The molecule has 0 bridgehead atoms. The maximum atomic E-state index is 11.8. The van der Waals surface area contributed by atoms with Crippen molar-refractivity contribution in [1.82, 2.24) is 0 Å². The Morgan fingerprint density at radius 3 is 2.63 bits per heavy atom. The third-order valence-corrected chi connectivity index (χ3v) is 5.29. The van der Waals surface area contributed by atoms with E-state index in [1.165, 1.54) is 6.07 Å². The Bertz CT molecular complexity index is 501. The van der Waals surface area contributed by atoms with Gasteiger partial charge in [-0.05, 0) is 24.7 Å². The number of aromatic hydroxyl groups is 2. The fourth-order valence-electron chi connectivity index (χ4n) is 1.49. The summed E-state index contributed by atoms with van der Waals surface area (Å²) in [6, 6.07) is 3.31. The minimum absolute atomic E-state index is 0.167. The predicted octanol–water partition coefficient (Wildman–Crippen LogP) is 2.98. The van der Waals surface area contributed by atoms with Crippen molar-refractivity contribution in [3.63, 3.8) is 0 Å². The van der Waals surface area contributed by atoms with Gasteiger partial charge in [0.15, 0.2) is 0 Å². The first kappa shape index (κ1) is 16.2. The lowest BCUT2D eigenvalue weighted by molar-refractivity contribution is 0.438. The molecule has 7 heteroatoms. The summed E-state index contributed by atoms with van der Waals surface area (Å²) in [4.78, 5) is -0.395. The van der Waals surface area contributed by atoms with Crippen LogP contribution in [0.15, 0.2) is 23.1 Å². The molecule has 0 saturated heterocycles. The van der Waals surface area contributed by atoms with Crippen molar-refractivity contribution in [2.45, 2.75) is 37.5 Å². The molecule has 0 saturated carbocycles. The van der Waals surface area contributed by atoms with Crippen molar-refractivity contribution >= 4 is 18.9 Å². The lowest BCUT2D eigenvalue weighted by Crippen LogP contribution is -2.01. The van der Waals surface area contributed by atoms with Crippen LogP contribution in [0, 0.1) is 0 Å². The molecule has 0 spiro atoms. The van der Waals surface area contributed by atoms with Crippen LogP contribution in [-0.4, -0.2) is 24.8 Å². The number of unbranched alkanes of at least 4 members (excludes halogenated alkanes) is 3. The molecule has 0 aliphatic heterocycles. The van der Waals surface area contributed by atoms with E-state index in [1.54, 1.807) is 0 Å². The molecule has 2 N–H and O–H groups in total. The molecular weight excluding hydrogens is 287 g/mol. The molecular formula is C12H19O5PS. The normalized spacial score (nSPS) is 12.3. The van der Waals surface area contributed by atoms with Crippen LogP contribution in [0.5, 0.6) is 11.5 Å². The Labute approximate surface area is 115 Å². The first-order valence-corrected chi connectivity index (χ1v) is 8.68. The zero-order valence-corrected chi connectivity index (χ0v) is 12.6. The molecule has 1 rings (SSSR count). The average molecular weight is 306 g/mol. The molecule has 5 nitrogen and oxygen atoms in total. The third-order valence-electron chi connectivity index (χ3n) is 2.51. The van der Waals surface area contributed by atoms with E-state index in [0.717, 1.165) is 37.8 Å². The van der Waals surface area contributed by atoms with E-state index >= 15 is 0 Å². The lowest BCUT2D eigenvalue weighted by atomic mass is 10.2. The number of benzene rings is 1. The van der Waals surface area contributed by atoms with Crippen molar-refractivity contribution in [2.24, 2.45) is 0 Å². The quantitative estimate of drug-likeness (QED) is 0.438. The molecule has 0 amide bonds. The third kappa shape index (κ3) is 5.35. The van der Waals surface area contributed by atoms with Crippen LogP contribution in [0.2, 0.25) is 0 Å². The van der Waals surface area contributed by atoms with Gasteiger partial charge in [-0.2, -0.15) is 8.42 Å². The van der Waals surface area contributed by atoms with Gasteiger partial charge in [-0.3, -0.25) is 0 Å². The van der Waals surface area contributed by atoms with E-state index in [9.17, 15) is 18.6 Å². The molecule has 1 unspecified atom stereocenters. The highest BCUT2D eigenvalue weighted by atomic mass is 32.2. The maximum Gasteiger partial charge on any atom is 0.303 e. The molecule has 0 aromatic heterocycles. The summed E-state index contributed by atoms with van der Waals surface area (Å²) >= 11 is 0. The number of hydrogen-bond donors (Lipinski definition) is 2. The van der Waals surface area contributed by atoms with Gasteiger partial charge in [-0.25, -0.2) is 3.97 Å². The largest absolute Gasteiger partial charge is 0.508 e. The highest BCUT2D eigenvalue weighted by Gasteiger charge is 2.20. The smallest absolute Gasteiger partial charge is 0.303 e. The molecule has 0 fully saturated rings. The SMILES string of the molecule is CCCCCCPOS(=O)(=O)c1cc(O)ccc1O. The van der Waals surface area contributed by atoms with Crippen LogP contribution < -0.4 is 0 Å². The summed E-state index contributed by atoms with van der Waals surface area (Å²) in [6.45, 7) is 2.11. The number of hydrogen-bond acceptors (Lipinski definition) is 5. The zero-order chi connectivity index (χ0) is 14.3. The average Bonchev–Trinajstić information content (AvgIpc) is 2.36. The number of phenolic OH excluding ortho intramolecular Hbond substituents is 2. The number of phenols is 2. The Kier molecular flexibility index (Phi) is 6.55. The lowest BCUT2D eigenvalue weighted by Gasteiger charge is -2.07. The summed E-state index contributed by atoms with van der Waals surface area (Å²) in [5.41, 5.74) is 0. The van der Waals surface area contributed by atoms with Crippen LogP contribution in [0.4, 0.5) is 0 Å². The summed E-state index contributed by atoms with van der Waals surface area (Å²) < 4.78 is 28.5. The van der Waals surface area contributed by atoms with E-state index in [0.29, 0.717) is 6.16 Å². The van der Waals surface area contributed by atoms with E-state index in [-0.39, 0.29) is 14.6 Å². The van der Waals surface area contributed by atoms with Gasteiger partial charge < -0.3 is 10.2 Å². The molecule has 1 aromatic rings. The fraction of sp³-hybridized carbons (Fsp3) is 0.500. The van der Waals surface area contributed by atoms with Gasteiger partial charge >= 0.3 is 10.1 Å². The highest BCUT2D eigenvalue weighted by Crippen LogP contribution is 2.31. The highest BCUT2D eigenvalue weighted by molar-refractivity contribution is 7.89. The Morgan fingerprint density at radius 1 is 1.21 bits per heavy atom. The summed E-state index contributed by atoms with van der Waals surface area (Å²) in [6.07, 6.45) is 4.92.